The highest BCUT2D eigenvalue weighted by Gasteiger charge is 2.34. The lowest BCUT2D eigenvalue weighted by molar-refractivity contribution is -1.01. The second-order valence-electron chi connectivity index (χ2n) is 7.95. The van der Waals surface area contributed by atoms with E-state index in [0.29, 0.717) is 26.4 Å². The zero-order chi connectivity index (χ0) is 20.2. The van der Waals surface area contributed by atoms with Crippen LogP contribution in [0.5, 0.6) is 0 Å². The number of ether oxygens (including phenoxy) is 1. The monoisotopic (exact) mass is 398 g/mol. The number of carbonyl (C=O) groups excluding carboxylic acids is 2. The van der Waals surface area contributed by atoms with Crippen molar-refractivity contribution in [3.8, 4) is 0 Å². The molecule has 0 aromatic heterocycles. The van der Waals surface area contributed by atoms with Crippen LogP contribution in [0.1, 0.15) is 16.8 Å². The summed E-state index contributed by atoms with van der Waals surface area (Å²) < 4.78 is 5.00. The van der Waals surface area contributed by atoms with E-state index in [1.165, 1.54) is 9.80 Å². The average Bonchev–Trinajstić information content (AvgIpc) is 3.01. The van der Waals surface area contributed by atoms with Crippen LogP contribution in [-0.4, -0.2) is 71.5 Å². The fourth-order valence-electron chi connectivity index (χ4n) is 4.39. The van der Waals surface area contributed by atoms with Crippen LogP contribution in [0.2, 0.25) is 0 Å². The maximum absolute atomic E-state index is 13.0. The van der Waals surface area contributed by atoms with Crippen LogP contribution in [0.3, 0.4) is 0 Å². The lowest BCUT2D eigenvalue weighted by Gasteiger charge is -2.31. The summed E-state index contributed by atoms with van der Waals surface area (Å²) in [5, 5.41) is 5.16. The zero-order valence-electron chi connectivity index (χ0n) is 17.0. The molecule has 1 fully saturated rings. The third-order valence-electron chi connectivity index (χ3n) is 5.95. The maximum Gasteiger partial charge on any atom is 0.275 e. The number of benzene rings is 2. The van der Waals surface area contributed by atoms with Crippen molar-refractivity contribution in [1.29, 1.82) is 0 Å². The Balaban J connectivity index is 1.29. The fraction of sp³-hybridized carbons (Fsp3) is 0.455. The number of rotatable bonds is 8. The van der Waals surface area contributed by atoms with Gasteiger partial charge in [-0.25, -0.2) is 0 Å². The first kappa shape index (κ1) is 19.8. The molecule has 29 heavy (non-hydrogen) atoms. The van der Waals surface area contributed by atoms with Crippen molar-refractivity contribution in [1.82, 2.24) is 5.32 Å². The van der Waals surface area contributed by atoms with Gasteiger partial charge in [-0.2, -0.15) is 0 Å². The molecule has 2 aliphatic heterocycles. The smallest absolute Gasteiger partial charge is 0.275 e. The van der Waals surface area contributed by atoms with E-state index < -0.39 is 0 Å². The highest BCUT2D eigenvalue weighted by molar-refractivity contribution is 6.24. The Hall–Kier alpha value is -2.48. The van der Waals surface area contributed by atoms with Crippen LogP contribution < -0.4 is 20.0 Å². The van der Waals surface area contributed by atoms with Gasteiger partial charge in [0.25, 0.3) is 11.8 Å². The summed E-state index contributed by atoms with van der Waals surface area (Å²) in [5.41, 5.74) is 1.84. The number of anilines is 1. The summed E-state index contributed by atoms with van der Waals surface area (Å²) in [7, 11) is 1.67. The van der Waals surface area contributed by atoms with E-state index in [1.54, 1.807) is 7.11 Å². The Labute approximate surface area is 171 Å². The molecule has 2 aromatic carbocycles. The number of hydrogen-bond acceptors (Lipinski definition) is 3. The van der Waals surface area contributed by atoms with Gasteiger partial charge in [0.05, 0.1) is 11.3 Å². The summed E-state index contributed by atoms with van der Waals surface area (Å²) in [6, 6.07) is 12.1. The minimum Gasteiger partial charge on any atom is -0.385 e. The number of nitrogens with zero attached hydrogens (tertiary/aromatic N) is 1. The first-order chi connectivity index (χ1) is 14.2. The van der Waals surface area contributed by atoms with Crippen molar-refractivity contribution in [2.24, 2.45) is 0 Å². The van der Waals surface area contributed by atoms with Gasteiger partial charge < -0.3 is 19.9 Å². The molecule has 0 spiro atoms. The van der Waals surface area contributed by atoms with Gasteiger partial charge in [-0.1, -0.05) is 24.3 Å². The molecule has 1 saturated heterocycles. The number of piperazine rings is 1. The van der Waals surface area contributed by atoms with Crippen LogP contribution >= 0.6 is 0 Å². The molecular weight excluding hydrogens is 368 g/mol. The maximum atomic E-state index is 13.0. The topological polar surface area (TPSA) is 67.5 Å². The molecule has 2 aromatic rings. The molecular formula is C22H30N4O3+2. The molecule has 2 heterocycles. The largest absolute Gasteiger partial charge is 0.385 e. The van der Waals surface area contributed by atoms with Crippen LogP contribution in [0, 0.1) is 0 Å². The number of hydrogen-bond donors (Lipinski definition) is 3. The normalized spacial score (nSPS) is 21.0. The minimum absolute atomic E-state index is 0.106. The Morgan fingerprint density at radius 1 is 1.10 bits per heavy atom. The van der Waals surface area contributed by atoms with E-state index >= 15 is 0 Å². The van der Waals surface area contributed by atoms with Crippen molar-refractivity contribution >= 4 is 28.3 Å². The van der Waals surface area contributed by atoms with E-state index in [9.17, 15) is 9.59 Å². The number of carbonyl (C=O) groups is 2. The number of quaternary nitrogens is 2. The fourth-order valence-corrected chi connectivity index (χ4v) is 4.39. The molecule has 4 rings (SSSR count). The van der Waals surface area contributed by atoms with Gasteiger partial charge in [-0.05, 0) is 23.9 Å². The van der Waals surface area contributed by atoms with Crippen LogP contribution in [0.4, 0.5) is 5.69 Å². The van der Waals surface area contributed by atoms with Gasteiger partial charge in [0.2, 0.25) is 0 Å². The highest BCUT2D eigenvalue weighted by Crippen LogP contribution is 2.36. The molecule has 0 saturated carbocycles. The molecule has 7 nitrogen and oxygen atoms in total. The van der Waals surface area contributed by atoms with Crippen LogP contribution in [-0.2, 0) is 9.53 Å². The quantitative estimate of drug-likeness (QED) is 0.484. The first-order valence-corrected chi connectivity index (χ1v) is 10.4. The zero-order valence-corrected chi connectivity index (χ0v) is 17.0. The van der Waals surface area contributed by atoms with Crippen molar-refractivity contribution < 1.29 is 24.1 Å². The van der Waals surface area contributed by atoms with E-state index in [1.807, 2.05) is 29.2 Å². The number of methoxy groups -OCH3 is 1. The molecule has 0 atom stereocenters. The SMILES string of the molecule is COCCCNC(=O)C[NH+]1CC[NH+](CN2C(=O)c3cccc4cccc2c34)CC1. The summed E-state index contributed by atoms with van der Waals surface area (Å²) in [6.07, 6.45) is 0.842. The van der Waals surface area contributed by atoms with Crippen molar-refractivity contribution in [2.75, 3.05) is 64.6 Å². The average molecular weight is 399 g/mol. The Morgan fingerprint density at radius 2 is 1.83 bits per heavy atom. The van der Waals surface area contributed by atoms with Crippen molar-refractivity contribution in [3.63, 3.8) is 0 Å². The van der Waals surface area contributed by atoms with Gasteiger partial charge in [-0.3, -0.25) is 14.5 Å². The van der Waals surface area contributed by atoms with Gasteiger partial charge >= 0.3 is 0 Å². The number of nitrogens with one attached hydrogen (secondary N) is 3. The molecule has 3 N–H and O–H groups in total. The standard InChI is InChI=1S/C22H28N4O3/c1-29-14-4-9-23-20(27)15-24-10-12-25(13-11-24)16-26-19-8-3-6-17-5-2-7-18(21(17)19)22(26)28/h2-3,5-8H,4,9-16H2,1H3,(H,23,27)/p+2. The van der Waals surface area contributed by atoms with E-state index in [4.69, 9.17) is 4.74 Å². The molecule has 154 valence electrons. The minimum atomic E-state index is 0.106. The predicted octanol–water partition coefficient (Wildman–Crippen LogP) is -1.31. The van der Waals surface area contributed by atoms with E-state index in [2.05, 4.69) is 17.4 Å². The van der Waals surface area contributed by atoms with Crippen molar-refractivity contribution in [2.45, 2.75) is 6.42 Å². The molecule has 2 aliphatic rings. The predicted molar refractivity (Wildman–Crippen MR) is 111 cm³/mol. The lowest BCUT2D eigenvalue weighted by atomic mass is 10.1. The van der Waals surface area contributed by atoms with Crippen molar-refractivity contribution in [3.05, 3.63) is 42.0 Å². The molecule has 7 heteroatoms. The molecule has 0 bridgehead atoms. The molecule has 0 unspecified atom stereocenters. The number of amides is 2. The Bertz CT molecular complexity index is 888. The Kier molecular flexibility index (Phi) is 6.08. The summed E-state index contributed by atoms with van der Waals surface area (Å²) >= 11 is 0. The second kappa shape index (κ2) is 8.90. The van der Waals surface area contributed by atoms with E-state index in [-0.39, 0.29) is 11.8 Å². The van der Waals surface area contributed by atoms with Gasteiger partial charge in [0, 0.05) is 25.6 Å². The summed E-state index contributed by atoms with van der Waals surface area (Å²) in [5.74, 6) is 0.214. The molecule has 0 radical (unpaired) electrons. The summed E-state index contributed by atoms with van der Waals surface area (Å²) in [4.78, 5) is 29.7. The molecule has 2 amide bonds. The van der Waals surface area contributed by atoms with Gasteiger partial charge in [0.15, 0.2) is 13.2 Å². The molecule has 0 aliphatic carbocycles. The second-order valence-corrected chi connectivity index (χ2v) is 7.95. The Morgan fingerprint density at radius 3 is 2.59 bits per heavy atom. The lowest BCUT2D eigenvalue weighted by Crippen LogP contribution is -3.29. The van der Waals surface area contributed by atoms with Gasteiger partial charge in [0.1, 0.15) is 26.2 Å². The first-order valence-electron chi connectivity index (χ1n) is 10.4. The van der Waals surface area contributed by atoms with Crippen LogP contribution in [0.25, 0.3) is 10.8 Å². The third-order valence-corrected chi connectivity index (χ3v) is 5.95. The highest BCUT2D eigenvalue weighted by atomic mass is 16.5. The van der Waals surface area contributed by atoms with Crippen LogP contribution in [0.15, 0.2) is 36.4 Å². The van der Waals surface area contributed by atoms with E-state index in [0.717, 1.165) is 54.6 Å². The third kappa shape index (κ3) is 4.27. The summed E-state index contributed by atoms with van der Waals surface area (Å²) in [6.45, 7) is 6.35. The van der Waals surface area contributed by atoms with Gasteiger partial charge in [-0.15, -0.1) is 0 Å².